The van der Waals surface area contributed by atoms with Crippen LogP contribution in [0.3, 0.4) is 0 Å². The minimum absolute atomic E-state index is 0.0319. The van der Waals surface area contributed by atoms with Crippen molar-refractivity contribution >= 4 is 23.9 Å². The molecule has 34 heavy (non-hydrogen) atoms. The van der Waals surface area contributed by atoms with Gasteiger partial charge in [0, 0.05) is 13.0 Å². The molecule has 1 aromatic rings. The number of ether oxygens (including phenoxy) is 3. The van der Waals surface area contributed by atoms with E-state index in [-0.39, 0.29) is 36.9 Å². The lowest BCUT2D eigenvalue weighted by Crippen LogP contribution is -2.42. The third-order valence-electron chi connectivity index (χ3n) is 4.65. The first-order valence-electron chi connectivity index (χ1n) is 11.3. The maximum atomic E-state index is 12.5. The highest BCUT2D eigenvalue weighted by molar-refractivity contribution is 5.81. The predicted octanol–water partition coefficient (Wildman–Crippen LogP) is 3.52. The summed E-state index contributed by atoms with van der Waals surface area (Å²) in [5.41, 5.74) is -1.04. The van der Waals surface area contributed by atoms with Crippen LogP contribution >= 0.6 is 0 Å². The van der Waals surface area contributed by atoms with Crippen LogP contribution in [0.4, 0.5) is 0 Å². The topological polar surface area (TPSA) is 128 Å². The molecule has 0 aliphatic rings. The summed E-state index contributed by atoms with van der Waals surface area (Å²) in [5.74, 6) is -2.39. The highest BCUT2D eigenvalue weighted by Crippen LogP contribution is 2.33. The van der Waals surface area contributed by atoms with Gasteiger partial charge >= 0.3 is 23.9 Å². The molecule has 0 fully saturated rings. The van der Waals surface area contributed by atoms with E-state index in [1.165, 1.54) is 12.1 Å². The van der Waals surface area contributed by atoms with Crippen LogP contribution < -0.4 is 14.8 Å². The lowest BCUT2D eigenvalue weighted by molar-refractivity contribution is -0.148. The Morgan fingerprint density at radius 1 is 0.941 bits per heavy atom. The minimum Gasteiger partial charge on any atom is -0.480 e. The Hall–Kier alpha value is -2.94. The number of hydrogen-bond donors (Lipinski definition) is 2. The molecule has 0 saturated heterocycles. The van der Waals surface area contributed by atoms with Gasteiger partial charge in [-0.25, -0.2) is 0 Å². The van der Waals surface area contributed by atoms with Gasteiger partial charge in [-0.2, -0.15) is 0 Å². The molecule has 190 valence electrons. The zero-order valence-electron chi connectivity index (χ0n) is 21.3. The van der Waals surface area contributed by atoms with Crippen molar-refractivity contribution in [2.75, 3.05) is 6.54 Å². The molecule has 1 rings (SSSR count). The standard InChI is InChI=1S/C25H37NO8/c1-9-20(27)32-15(2)14-26-17(21(28)29)12-16-10-11-18(33-22(30)24(3,4)5)19(13-16)34-23(31)25(6,7)8/h10-11,13,15,17,26H,9,12,14H2,1-8H3,(H,28,29)/t15?,17-/m0/s1. The van der Waals surface area contributed by atoms with Crippen LogP contribution in [0.15, 0.2) is 18.2 Å². The molecule has 0 spiro atoms. The van der Waals surface area contributed by atoms with E-state index in [0.717, 1.165) is 0 Å². The van der Waals surface area contributed by atoms with E-state index < -0.39 is 40.9 Å². The van der Waals surface area contributed by atoms with Crippen LogP contribution in [0.25, 0.3) is 0 Å². The predicted molar refractivity (Wildman–Crippen MR) is 126 cm³/mol. The van der Waals surface area contributed by atoms with Crippen molar-refractivity contribution in [3.8, 4) is 11.5 Å². The zero-order chi connectivity index (χ0) is 26.3. The van der Waals surface area contributed by atoms with Gasteiger partial charge in [0.15, 0.2) is 11.5 Å². The van der Waals surface area contributed by atoms with Gasteiger partial charge in [0.25, 0.3) is 0 Å². The molecule has 1 unspecified atom stereocenters. The second-order valence-corrected chi connectivity index (χ2v) is 10.2. The number of aliphatic carboxylic acids is 1. The number of hydrogen-bond acceptors (Lipinski definition) is 8. The van der Waals surface area contributed by atoms with E-state index in [1.807, 2.05) is 0 Å². The average Bonchev–Trinajstić information content (AvgIpc) is 2.70. The molecular weight excluding hydrogens is 442 g/mol. The lowest BCUT2D eigenvalue weighted by atomic mass is 9.97. The van der Waals surface area contributed by atoms with Gasteiger partial charge in [-0.3, -0.25) is 19.2 Å². The van der Waals surface area contributed by atoms with Gasteiger partial charge in [0.2, 0.25) is 0 Å². The molecule has 0 aliphatic carbocycles. The van der Waals surface area contributed by atoms with E-state index in [4.69, 9.17) is 14.2 Å². The second-order valence-electron chi connectivity index (χ2n) is 10.2. The van der Waals surface area contributed by atoms with Crippen molar-refractivity contribution in [2.45, 2.75) is 80.4 Å². The summed E-state index contributed by atoms with van der Waals surface area (Å²) in [6.45, 7) is 13.7. The number of carboxylic acids is 1. The maximum absolute atomic E-state index is 12.5. The first-order valence-corrected chi connectivity index (χ1v) is 11.3. The van der Waals surface area contributed by atoms with E-state index in [9.17, 15) is 24.3 Å². The fourth-order valence-electron chi connectivity index (χ4n) is 2.49. The summed E-state index contributed by atoms with van der Waals surface area (Å²) >= 11 is 0. The van der Waals surface area contributed by atoms with E-state index in [1.54, 1.807) is 61.5 Å². The van der Waals surface area contributed by atoms with Crippen molar-refractivity contribution in [2.24, 2.45) is 10.8 Å². The molecule has 1 aromatic carbocycles. The third kappa shape index (κ3) is 9.51. The minimum atomic E-state index is -1.09. The van der Waals surface area contributed by atoms with Crippen LogP contribution in [-0.4, -0.2) is 47.7 Å². The van der Waals surface area contributed by atoms with Crippen LogP contribution in [0.1, 0.15) is 67.4 Å². The number of rotatable bonds is 10. The Morgan fingerprint density at radius 3 is 1.94 bits per heavy atom. The SMILES string of the molecule is CCC(=O)OC(C)CN[C@@H](Cc1ccc(OC(=O)C(C)(C)C)c(OC(=O)C(C)(C)C)c1)C(=O)O. The van der Waals surface area contributed by atoms with E-state index in [2.05, 4.69) is 5.32 Å². The fraction of sp³-hybridized carbons (Fsp3) is 0.600. The molecule has 0 bridgehead atoms. The number of carbonyl (C=O) groups excluding carboxylic acids is 3. The van der Waals surface area contributed by atoms with Crippen molar-refractivity contribution in [1.82, 2.24) is 5.32 Å². The Bertz CT molecular complexity index is 895. The largest absolute Gasteiger partial charge is 0.480 e. The lowest BCUT2D eigenvalue weighted by Gasteiger charge is -2.22. The number of esters is 3. The van der Waals surface area contributed by atoms with Gasteiger partial charge in [0.05, 0.1) is 10.8 Å². The summed E-state index contributed by atoms with van der Waals surface area (Å²) < 4.78 is 16.1. The van der Waals surface area contributed by atoms with E-state index >= 15 is 0 Å². The maximum Gasteiger partial charge on any atom is 0.321 e. The molecule has 2 atom stereocenters. The molecule has 9 heteroatoms. The summed E-state index contributed by atoms with van der Waals surface area (Å²) in [4.78, 5) is 48.1. The van der Waals surface area contributed by atoms with E-state index in [0.29, 0.717) is 5.56 Å². The molecule has 0 aliphatic heterocycles. The molecular formula is C25H37NO8. The first kappa shape index (κ1) is 29.1. The monoisotopic (exact) mass is 479 g/mol. The molecule has 0 saturated carbocycles. The molecule has 9 nitrogen and oxygen atoms in total. The van der Waals surface area contributed by atoms with Crippen LogP contribution in [0.5, 0.6) is 11.5 Å². The second kappa shape index (κ2) is 12.0. The average molecular weight is 480 g/mol. The van der Waals surface area contributed by atoms with Crippen molar-refractivity contribution < 1.29 is 38.5 Å². The number of benzene rings is 1. The Morgan fingerprint density at radius 2 is 1.47 bits per heavy atom. The van der Waals surface area contributed by atoms with Crippen molar-refractivity contribution in [1.29, 1.82) is 0 Å². The summed E-state index contributed by atoms with van der Waals surface area (Å²) in [5, 5.41) is 12.5. The van der Waals surface area contributed by atoms with Gasteiger partial charge in [-0.1, -0.05) is 13.0 Å². The van der Waals surface area contributed by atoms with Gasteiger partial charge in [-0.05, 0) is 72.6 Å². The molecule has 0 aromatic heterocycles. The Labute approximate surface area is 201 Å². The smallest absolute Gasteiger partial charge is 0.321 e. The number of nitrogens with one attached hydrogen (secondary N) is 1. The molecule has 0 radical (unpaired) electrons. The molecule has 2 N–H and O–H groups in total. The highest BCUT2D eigenvalue weighted by Gasteiger charge is 2.29. The summed E-state index contributed by atoms with van der Waals surface area (Å²) in [6, 6.07) is 3.59. The summed E-state index contributed by atoms with van der Waals surface area (Å²) in [7, 11) is 0. The summed E-state index contributed by atoms with van der Waals surface area (Å²) in [6.07, 6.45) is -0.219. The zero-order valence-corrected chi connectivity index (χ0v) is 21.3. The number of carbonyl (C=O) groups is 4. The first-order chi connectivity index (χ1) is 15.5. The number of carboxylic acid groups (broad SMARTS) is 1. The van der Waals surface area contributed by atoms with Gasteiger partial charge in [-0.15, -0.1) is 0 Å². The Kier molecular flexibility index (Phi) is 10.2. The van der Waals surface area contributed by atoms with Crippen molar-refractivity contribution in [3.05, 3.63) is 23.8 Å². The van der Waals surface area contributed by atoms with Crippen LogP contribution in [0.2, 0.25) is 0 Å². The van der Waals surface area contributed by atoms with Crippen LogP contribution in [-0.2, 0) is 30.3 Å². The Balaban J connectivity index is 3.13. The van der Waals surface area contributed by atoms with Gasteiger partial charge in [0.1, 0.15) is 12.1 Å². The molecule has 0 heterocycles. The quantitative estimate of drug-likeness (QED) is 0.382. The van der Waals surface area contributed by atoms with Crippen molar-refractivity contribution in [3.63, 3.8) is 0 Å². The van der Waals surface area contributed by atoms with Gasteiger partial charge < -0.3 is 24.6 Å². The normalized spacial score (nSPS) is 13.5. The highest BCUT2D eigenvalue weighted by atomic mass is 16.6. The molecule has 0 amide bonds. The third-order valence-corrected chi connectivity index (χ3v) is 4.65. The van der Waals surface area contributed by atoms with Crippen LogP contribution in [0, 0.1) is 10.8 Å². The fourth-order valence-corrected chi connectivity index (χ4v) is 2.49.